The number of aliphatic imine (C=N–C) groups is 2. The van der Waals surface area contributed by atoms with E-state index < -0.39 is 0 Å². The molecular weight excluding hydrogens is 356 g/mol. The molecule has 0 amide bonds. The Morgan fingerprint density at radius 3 is 2.67 bits per heavy atom. The summed E-state index contributed by atoms with van der Waals surface area (Å²) in [4.78, 5) is 23.0. The van der Waals surface area contributed by atoms with E-state index in [1.54, 1.807) is 17.7 Å². The second kappa shape index (κ2) is 7.64. The van der Waals surface area contributed by atoms with Crippen molar-refractivity contribution >= 4 is 39.4 Å². The van der Waals surface area contributed by atoms with E-state index in [0.717, 1.165) is 36.5 Å². The average molecular weight is 383 g/mol. The molecule has 7 heteroatoms. The molecule has 1 atom stereocenters. The van der Waals surface area contributed by atoms with E-state index in [1.807, 2.05) is 12.4 Å². The van der Waals surface area contributed by atoms with Gasteiger partial charge in [-0.2, -0.15) is 4.98 Å². The molecule has 0 aromatic carbocycles. The molecule has 6 nitrogen and oxygen atoms in total. The number of hydrogen-bond donors (Lipinski definition) is 0. The van der Waals surface area contributed by atoms with Crippen LogP contribution in [0.5, 0.6) is 0 Å². The Hall–Kier alpha value is -1.86. The average Bonchev–Trinajstić information content (AvgIpc) is 3.18. The third-order valence-electron chi connectivity index (χ3n) is 6.04. The van der Waals surface area contributed by atoms with Gasteiger partial charge in [0, 0.05) is 37.5 Å². The summed E-state index contributed by atoms with van der Waals surface area (Å²) in [6.45, 7) is 5.57. The molecular formula is C20H26N6S. The number of rotatable bonds is 3. The smallest absolute Gasteiger partial charge is 0.188 e. The van der Waals surface area contributed by atoms with Crippen LogP contribution in [0, 0.1) is 0 Å². The van der Waals surface area contributed by atoms with Crippen molar-refractivity contribution in [1.82, 2.24) is 14.9 Å². The summed E-state index contributed by atoms with van der Waals surface area (Å²) in [7, 11) is 0. The van der Waals surface area contributed by atoms with Crippen molar-refractivity contribution in [1.29, 1.82) is 0 Å². The lowest BCUT2D eigenvalue weighted by Gasteiger charge is -2.40. The molecule has 0 N–H and O–H groups in total. The zero-order valence-electron chi connectivity index (χ0n) is 15.6. The zero-order valence-corrected chi connectivity index (χ0v) is 16.4. The number of hydrogen-bond acceptors (Lipinski definition) is 7. The molecule has 2 saturated heterocycles. The third-order valence-corrected chi connectivity index (χ3v) is 7.10. The molecule has 3 aliphatic rings. The molecule has 0 radical (unpaired) electrons. The SMILES string of the molecule is C1=NC=NCC1c1cnc2nc(N3CCC(N4CCCCC4)CC3)sc2c1. The van der Waals surface area contributed by atoms with Crippen LogP contribution in [0.2, 0.25) is 0 Å². The second-order valence-electron chi connectivity index (χ2n) is 7.79. The fourth-order valence-electron chi connectivity index (χ4n) is 4.46. The fourth-order valence-corrected chi connectivity index (χ4v) is 5.48. The maximum Gasteiger partial charge on any atom is 0.188 e. The van der Waals surface area contributed by atoms with Gasteiger partial charge in [-0.1, -0.05) is 17.8 Å². The molecule has 2 aromatic heterocycles. The lowest BCUT2D eigenvalue weighted by Crippen LogP contribution is -2.46. The summed E-state index contributed by atoms with van der Waals surface area (Å²) in [5.74, 6) is 0.234. The van der Waals surface area contributed by atoms with Gasteiger partial charge in [0.2, 0.25) is 0 Å². The molecule has 5 heterocycles. The minimum Gasteiger partial charge on any atom is -0.348 e. The number of pyridine rings is 1. The van der Waals surface area contributed by atoms with Crippen LogP contribution in [0.15, 0.2) is 22.2 Å². The summed E-state index contributed by atoms with van der Waals surface area (Å²) in [5, 5.41) is 1.13. The summed E-state index contributed by atoms with van der Waals surface area (Å²) < 4.78 is 1.17. The van der Waals surface area contributed by atoms with E-state index in [1.165, 1.54) is 55.5 Å². The predicted octanol–water partition coefficient (Wildman–Crippen LogP) is 3.34. The highest BCUT2D eigenvalue weighted by Gasteiger charge is 2.27. The third kappa shape index (κ3) is 3.62. The van der Waals surface area contributed by atoms with Gasteiger partial charge in [-0.25, -0.2) is 9.98 Å². The van der Waals surface area contributed by atoms with E-state index in [2.05, 4.69) is 30.8 Å². The molecule has 2 fully saturated rings. The van der Waals surface area contributed by atoms with Crippen LogP contribution in [0.1, 0.15) is 43.6 Å². The minimum absolute atomic E-state index is 0.234. The Morgan fingerprint density at radius 1 is 1.04 bits per heavy atom. The van der Waals surface area contributed by atoms with Gasteiger partial charge in [-0.05, 0) is 50.4 Å². The van der Waals surface area contributed by atoms with Crippen LogP contribution >= 0.6 is 11.3 Å². The topological polar surface area (TPSA) is 57.0 Å². The first-order valence-electron chi connectivity index (χ1n) is 10.1. The van der Waals surface area contributed by atoms with Crippen LogP contribution in [-0.4, -0.2) is 66.2 Å². The van der Waals surface area contributed by atoms with Crippen molar-refractivity contribution < 1.29 is 0 Å². The Morgan fingerprint density at radius 2 is 1.89 bits per heavy atom. The second-order valence-corrected chi connectivity index (χ2v) is 8.80. The molecule has 142 valence electrons. The van der Waals surface area contributed by atoms with Crippen LogP contribution in [0.3, 0.4) is 0 Å². The monoisotopic (exact) mass is 382 g/mol. The first kappa shape index (κ1) is 17.3. The van der Waals surface area contributed by atoms with Gasteiger partial charge in [-0.3, -0.25) is 4.99 Å². The molecule has 0 saturated carbocycles. The molecule has 27 heavy (non-hydrogen) atoms. The number of piperidine rings is 2. The molecule has 3 aliphatic heterocycles. The predicted molar refractivity (Wildman–Crippen MR) is 113 cm³/mol. The van der Waals surface area contributed by atoms with Gasteiger partial charge in [-0.15, -0.1) is 0 Å². The summed E-state index contributed by atoms with van der Waals surface area (Å²) in [6, 6.07) is 2.99. The van der Waals surface area contributed by atoms with E-state index >= 15 is 0 Å². The molecule has 1 unspecified atom stereocenters. The Labute approximate surface area is 164 Å². The molecule has 0 aliphatic carbocycles. The lowest BCUT2D eigenvalue weighted by atomic mass is 10.0. The largest absolute Gasteiger partial charge is 0.348 e. The summed E-state index contributed by atoms with van der Waals surface area (Å²) in [6.07, 6.45) is 12.2. The van der Waals surface area contributed by atoms with E-state index in [4.69, 9.17) is 4.98 Å². The highest BCUT2D eigenvalue weighted by Crippen LogP contribution is 2.32. The highest BCUT2D eigenvalue weighted by molar-refractivity contribution is 7.22. The van der Waals surface area contributed by atoms with E-state index in [-0.39, 0.29) is 5.92 Å². The van der Waals surface area contributed by atoms with Crippen molar-refractivity contribution in [2.45, 2.75) is 44.1 Å². The zero-order chi connectivity index (χ0) is 18.1. The number of likely N-dealkylation sites (tertiary alicyclic amines) is 1. The lowest BCUT2D eigenvalue weighted by molar-refractivity contribution is 0.141. The molecule has 2 aromatic rings. The number of aromatic nitrogens is 2. The number of nitrogens with zero attached hydrogens (tertiary/aromatic N) is 6. The number of anilines is 1. The van der Waals surface area contributed by atoms with Gasteiger partial charge in [0.25, 0.3) is 0 Å². The normalized spacial score (nSPS) is 24.7. The summed E-state index contributed by atoms with van der Waals surface area (Å²) >= 11 is 1.77. The molecule has 0 spiro atoms. The Kier molecular flexibility index (Phi) is 4.88. The first-order valence-corrected chi connectivity index (χ1v) is 11.0. The van der Waals surface area contributed by atoms with Gasteiger partial charge in [0.05, 0.1) is 11.2 Å². The number of thiazole rings is 1. The van der Waals surface area contributed by atoms with Crippen molar-refractivity contribution in [2.24, 2.45) is 9.98 Å². The van der Waals surface area contributed by atoms with Crippen LogP contribution < -0.4 is 4.90 Å². The van der Waals surface area contributed by atoms with Crippen molar-refractivity contribution in [3.63, 3.8) is 0 Å². The fraction of sp³-hybridized carbons (Fsp3) is 0.600. The quantitative estimate of drug-likeness (QED) is 0.817. The summed E-state index contributed by atoms with van der Waals surface area (Å²) in [5.41, 5.74) is 2.05. The maximum atomic E-state index is 4.82. The first-order chi connectivity index (χ1) is 13.4. The van der Waals surface area contributed by atoms with Gasteiger partial charge >= 0.3 is 0 Å². The van der Waals surface area contributed by atoms with Crippen LogP contribution in [-0.2, 0) is 0 Å². The Bertz CT molecular complexity index is 845. The number of fused-ring (bicyclic) bond motifs is 1. The van der Waals surface area contributed by atoms with E-state index in [9.17, 15) is 0 Å². The van der Waals surface area contributed by atoms with Crippen LogP contribution in [0.4, 0.5) is 5.13 Å². The van der Waals surface area contributed by atoms with Crippen molar-refractivity contribution in [2.75, 3.05) is 37.6 Å². The van der Waals surface area contributed by atoms with Gasteiger partial charge < -0.3 is 9.80 Å². The van der Waals surface area contributed by atoms with Crippen molar-refractivity contribution in [3.8, 4) is 0 Å². The standard InChI is InChI=1S/C20H26N6S/c1-2-6-25(7-3-1)17-4-8-26(9-5-17)20-24-19-18(27-20)10-15(13-23-19)16-11-21-14-22-12-16/h10-11,13-14,16-17H,1-9,12H2. The van der Waals surface area contributed by atoms with Gasteiger partial charge in [0.15, 0.2) is 10.8 Å². The minimum atomic E-state index is 0.234. The van der Waals surface area contributed by atoms with Crippen molar-refractivity contribution in [3.05, 3.63) is 17.8 Å². The highest BCUT2D eigenvalue weighted by atomic mass is 32.1. The molecule has 5 rings (SSSR count). The maximum absolute atomic E-state index is 4.82. The molecule has 0 bridgehead atoms. The van der Waals surface area contributed by atoms with Crippen LogP contribution in [0.25, 0.3) is 10.3 Å². The van der Waals surface area contributed by atoms with Gasteiger partial charge in [0.1, 0.15) is 6.34 Å². The Balaban J connectivity index is 1.28. The van der Waals surface area contributed by atoms with E-state index in [0.29, 0.717) is 0 Å².